The molecule has 1 rings (SSSR count). The van der Waals surface area contributed by atoms with E-state index in [1.165, 1.54) is 18.4 Å². The lowest BCUT2D eigenvalue weighted by Crippen LogP contribution is -2.18. The fourth-order valence-electron chi connectivity index (χ4n) is 2.01. The number of hydrogen-bond acceptors (Lipinski definition) is 4. The normalized spacial score (nSPS) is 10.8. The molecule has 114 valence electrons. The molecule has 4 heteroatoms. The van der Waals surface area contributed by atoms with Crippen molar-refractivity contribution in [2.45, 2.75) is 26.3 Å². The van der Waals surface area contributed by atoms with E-state index in [2.05, 4.69) is 36.4 Å². The van der Waals surface area contributed by atoms with Gasteiger partial charge in [0.15, 0.2) is 11.5 Å². The van der Waals surface area contributed by atoms with Gasteiger partial charge in [-0.15, -0.1) is 0 Å². The summed E-state index contributed by atoms with van der Waals surface area (Å²) in [6.07, 6.45) is 2.43. The molecule has 0 saturated heterocycles. The van der Waals surface area contributed by atoms with Crippen LogP contribution < -0.4 is 14.8 Å². The average Bonchev–Trinajstić information content (AvgIpc) is 2.43. The maximum absolute atomic E-state index is 5.58. The quantitative estimate of drug-likeness (QED) is 0.668. The fraction of sp³-hybridized carbons (Fsp3) is 0.625. The Morgan fingerprint density at radius 3 is 2.60 bits per heavy atom. The van der Waals surface area contributed by atoms with E-state index >= 15 is 0 Å². The smallest absolute Gasteiger partial charge is 0.161 e. The molecule has 0 saturated carbocycles. The van der Waals surface area contributed by atoms with Crippen molar-refractivity contribution in [2.24, 2.45) is 0 Å². The number of unbranched alkanes of at least 4 members (excludes halogenated alkanes) is 1. The van der Waals surface area contributed by atoms with E-state index in [-0.39, 0.29) is 0 Å². The van der Waals surface area contributed by atoms with Gasteiger partial charge in [-0.1, -0.05) is 6.07 Å². The zero-order chi connectivity index (χ0) is 14.8. The molecule has 0 heterocycles. The molecule has 0 aliphatic rings. The molecule has 1 aromatic carbocycles. The molecule has 0 unspecified atom stereocenters. The third-order valence-corrected chi connectivity index (χ3v) is 3.07. The van der Waals surface area contributed by atoms with Gasteiger partial charge in [-0.05, 0) is 64.6 Å². The lowest BCUT2D eigenvalue weighted by atomic mass is 10.2. The Morgan fingerprint density at radius 1 is 1.15 bits per heavy atom. The minimum Gasteiger partial charge on any atom is -0.493 e. The Kier molecular flexibility index (Phi) is 8.07. The van der Waals surface area contributed by atoms with E-state index in [1.807, 2.05) is 13.0 Å². The molecule has 0 bridgehead atoms. The first-order valence-electron chi connectivity index (χ1n) is 7.32. The van der Waals surface area contributed by atoms with Gasteiger partial charge in [-0.25, -0.2) is 0 Å². The van der Waals surface area contributed by atoms with Crippen LogP contribution in [0.1, 0.15) is 25.3 Å². The molecule has 0 aliphatic carbocycles. The van der Waals surface area contributed by atoms with Crippen LogP contribution >= 0.6 is 0 Å². The third-order valence-electron chi connectivity index (χ3n) is 3.07. The summed E-state index contributed by atoms with van der Waals surface area (Å²) >= 11 is 0. The van der Waals surface area contributed by atoms with Crippen LogP contribution in [0.15, 0.2) is 18.2 Å². The van der Waals surface area contributed by atoms with E-state index in [1.54, 1.807) is 7.11 Å². The van der Waals surface area contributed by atoms with Crippen LogP contribution in [-0.4, -0.2) is 45.8 Å². The Balaban J connectivity index is 2.34. The van der Waals surface area contributed by atoms with Crippen molar-refractivity contribution in [3.05, 3.63) is 23.8 Å². The van der Waals surface area contributed by atoms with Gasteiger partial charge in [-0.3, -0.25) is 0 Å². The van der Waals surface area contributed by atoms with Crippen molar-refractivity contribution >= 4 is 0 Å². The van der Waals surface area contributed by atoms with E-state index in [0.29, 0.717) is 6.61 Å². The molecule has 1 aromatic rings. The van der Waals surface area contributed by atoms with Crippen molar-refractivity contribution < 1.29 is 9.47 Å². The molecule has 4 nitrogen and oxygen atoms in total. The number of nitrogens with one attached hydrogen (secondary N) is 1. The van der Waals surface area contributed by atoms with Gasteiger partial charge in [0.25, 0.3) is 0 Å². The number of methoxy groups -OCH3 is 1. The topological polar surface area (TPSA) is 33.7 Å². The van der Waals surface area contributed by atoms with E-state index in [4.69, 9.17) is 9.47 Å². The highest BCUT2D eigenvalue weighted by Crippen LogP contribution is 2.27. The molecule has 0 radical (unpaired) electrons. The average molecular weight is 280 g/mol. The van der Waals surface area contributed by atoms with Crippen LogP contribution in [0.2, 0.25) is 0 Å². The molecular formula is C16H28N2O2. The highest BCUT2D eigenvalue weighted by atomic mass is 16.5. The number of nitrogens with zero attached hydrogens (tertiary/aromatic N) is 1. The summed E-state index contributed by atoms with van der Waals surface area (Å²) < 4.78 is 10.9. The number of ether oxygens (including phenoxy) is 2. The van der Waals surface area contributed by atoms with Crippen molar-refractivity contribution in [1.29, 1.82) is 0 Å². The van der Waals surface area contributed by atoms with Crippen LogP contribution in [0.3, 0.4) is 0 Å². The molecule has 20 heavy (non-hydrogen) atoms. The SMILES string of the molecule is CCOc1cc(CNCCCCN(C)C)ccc1OC. The van der Waals surface area contributed by atoms with Gasteiger partial charge in [0, 0.05) is 6.54 Å². The zero-order valence-corrected chi connectivity index (χ0v) is 13.2. The minimum absolute atomic E-state index is 0.651. The van der Waals surface area contributed by atoms with Crippen LogP contribution in [0, 0.1) is 0 Å². The molecular weight excluding hydrogens is 252 g/mol. The van der Waals surface area contributed by atoms with Crippen molar-refractivity contribution in [2.75, 3.05) is 40.9 Å². The van der Waals surface area contributed by atoms with Gasteiger partial charge in [0.05, 0.1) is 13.7 Å². The molecule has 0 amide bonds. The van der Waals surface area contributed by atoms with Gasteiger partial charge in [-0.2, -0.15) is 0 Å². The van der Waals surface area contributed by atoms with E-state index < -0.39 is 0 Å². The number of rotatable bonds is 10. The van der Waals surface area contributed by atoms with Crippen LogP contribution in [0.5, 0.6) is 11.5 Å². The highest BCUT2D eigenvalue weighted by Gasteiger charge is 2.04. The summed E-state index contributed by atoms with van der Waals surface area (Å²) in [5.74, 6) is 1.61. The Labute approximate surface area is 123 Å². The molecule has 0 fully saturated rings. The molecule has 0 aromatic heterocycles. The summed E-state index contributed by atoms with van der Waals surface area (Å²) in [4.78, 5) is 2.22. The predicted octanol–water partition coefficient (Wildman–Crippen LogP) is 2.53. The monoisotopic (exact) mass is 280 g/mol. The third kappa shape index (κ3) is 6.26. The second-order valence-electron chi connectivity index (χ2n) is 5.11. The zero-order valence-electron chi connectivity index (χ0n) is 13.2. The molecule has 0 spiro atoms. The van der Waals surface area contributed by atoms with E-state index in [9.17, 15) is 0 Å². The number of hydrogen-bond donors (Lipinski definition) is 1. The number of benzene rings is 1. The summed E-state index contributed by atoms with van der Waals surface area (Å²) in [7, 11) is 5.89. The molecule has 1 N–H and O–H groups in total. The summed E-state index contributed by atoms with van der Waals surface area (Å²) in [5, 5.41) is 3.47. The fourth-order valence-corrected chi connectivity index (χ4v) is 2.01. The van der Waals surface area contributed by atoms with Gasteiger partial charge in [0.1, 0.15) is 0 Å². The van der Waals surface area contributed by atoms with E-state index in [0.717, 1.165) is 31.1 Å². The first-order chi connectivity index (χ1) is 9.67. The lowest BCUT2D eigenvalue weighted by molar-refractivity contribution is 0.310. The standard InChI is InChI=1S/C16H28N2O2/c1-5-20-16-12-14(8-9-15(16)19-4)13-17-10-6-7-11-18(2)3/h8-9,12,17H,5-7,10-11,13H2,1-4H3. The van der Waals surface area contributed by atoms with Crippen LogP contribution in [-0.2, 0) is 6.54 Å². The highest BCUT2D eigenvalue weighted by molar-refractivity contribution is 5.42. The van der Waals surface area contributed by atoms with Crippen molar-refractivity contribution in [1.82, 2.24) is 10.2 Å². The second kappa shape index (κ2) is 9.61. The van der Waals surface area contributed by atoms with Gasteiger partial charge >= 0.3 is 0 Å². The Morgan fingerprint density at radius 2 is 1.95 bits per heavy atom. The van der Waals surface area contributed by atoms with Gasteiger partial charge < -0.3 is 19.7 Å². The maximum atomic E-state index is 5.58. The van der Waals surface area contributed by atoms with Crippen LogP contribution in [0.4, 0.5) is 0 Å². The molecule has 0 atom stereocenters. The van der Waals surface area contributed by atoms with Crippen molar-refractivity contribution in [3.8, 4) is 11.5 Å². The maximum Gasteiger partial charge on any atom is 0.161 e. The summed E-state index contributed by atoms with van der Waals surface area (Å²) in [6, 6.07) is 6.09. The van der Waals surface area contributed by atoms with Gasteiger partial charge in [0.2, 0.25) is 0 Å². The van der Waals surface area contributed by atoms with Crippen molar-refractivity contribution in [3.63, 3.8) is 0 Å². The molecule has 0 aliphatic heterocycles. The lowest BCUT2D eigenvalue weighted by Gasteiger charge is -2.12. The second-order valence-corrected chi connectivity index (χ2v) is 5.11. The summed E-state index contributed by atoms with van der Waals surface area (Å²) in [6.45, 7) is 5.70. The first kappa shape index (κ1) is 16.8. The first-order valence-corrected chi connectivity index (χ1v) is 7.32. The Bertz CT molecular complexity index is 381. The minimum atomic E-state index is 0.651. The predicted molar refractivity (Wildman–Crippen MR) is 83.7 cm³/mol. The largest absolute Gasteiger partial charge is 0.493 e. The Hall–Kier alpha value is -1.26. The summed E-state index contributed by atoms with van der Waals surface area (Å²) in [5.41, 5.74) is 1.22. The van der Waals surface area contributed by atoms with Crippen LogP contribution in [0.25, 0.3) is 0 Å².